The molecule has 1 heterocycles. The summed E-state index contributed by atoms with van der Waals surface area (Å²) in [7, 11) is 0. The molecule has 14 heavy (non-hydrogen) atoms. The molecule has 0 bridgehead atoms. The average molecular weight is 200 g/mol. The number of hydroxylamine groups is 3. The first-order valence-corrected chi connectivity index (χ1v) is 5.22. The Labute approximate surface area is 85.8 Å². The summed E-state index contributed by atoms with van der Waals surface area (Å²) in [6.45, 7) is 10.4. The molecule has 0 spiro atoms. The number of piperidine rings is 1. The zero-order valence-corrected chi connectivity index (χ0v) is 9.08. The maximum atomic E-state index is 5.44. The van der Waals surface area contributed by atoms with Crippen LogP contribution in [0.5, 0.6) is 0 Å². The zero-order valence-electron chi connectivity index (χ0n) is 9.08. The summed E-state index contributed by atoms with van der Waals surface area (Å²) >= 11 is 0. The van der Waals surface area contributed by atoms with Crippen molar-refractivity contribution in [3.8, 4) is 0 Å². The molecular weight excluding hydrogens is 180 g/mol. The van der Waals surface area contributed by atoms with E-state index in [0.29, 0.717) is 12.5 Å². The second-order valence-electron chi connectivity index (χ2n) is 3.66. The van der Waals surface area contributed by atoms with Gasteiger partial charge in [0.1, 0.15) is 0 Å². The lowest BCUT2D eigenvalue weighted by Gasteiger charge is -2.29. The van der Waals surface area contributed by atoms with Crippen LogP contribution < -0.4 is 5.48 Å². The van der Waals surface area contributed by atoms with Crippen molar-refractivity contribution in [1.82, 2.24) is 10.5 Å². The van der Waals surface area contributed by atoms with Crippen LogP contribution in [0.2, 0.25) is 0 Å². The highest BCUT2D eigenvalue weighted by Gasteiger charge is 2.17. The molecule has 1 N–H and O–H groups in total. The molecule has 4 nitrogen and oxygen atoms in total. The Bertz CT molecular complexity index is 177. The van der Waals surface area contributed by atoms with Gasteiger partial charge in [-0.15, -0.1) is 5.06 Å². The summed E-state index contributed by atoms with van der Waals surface area (Å²) in [5, 5.41) is 1.92. The van der Waals surface area contributed by atoms with Gasteiger partial charge in [0.2, 0.25) is 5.88 Å². The highest BCUT2D eigenvalue weighted by molar-refractivity contribution is 4.74. The first kappa shape index (κ1) is 11.3. The topological polar surface area (TPSA) is 33.7 Å². The molecule has 0 saturated carbocycles. The highest BCUT2D eigenvalue weighted by Crippen LogP contribution is 2.16. The van der Waals surface area contributed by atoms with Crippen molar-refractivity contribution < 1.29 is 9.68 Å². The maximum Gasteiger partial charge on any atom is 0.228 e. The van der Waals surface area contributed by atoms with Crippen molar-refractivity contribution in [3.63, 3.8) is 0 Å². The standard InChI is InChI=1S/C10H20N2O2/c1-4-13-11-10(3)14-12-7-5-9(2)6-8-12/h9,11H,3-8H2,1-2H3. The van der Waals surface area contributed by atoms with Gasteiger partial charge in [-0.1, -0.05) is 6.92 Å². The Morgan fingerprint density at radius 1 is 1.50 bits per heavy atom. The molecule has 0 aromatic rings. The van der Waals surface area contributed by atoms with Crippen LogP contribution in [0.4, 0.5) is 0 Å². The van der Waals surface area contributed by atoms with Crippen LogP contribution >= 0.6 is 0 Å². The predicted octanol–water partition coefficient (Wildman–Crippen LogP) is 1.66. The minimum Gasteiger partial charge on any atom is -0.387 e. The van der Waals surface area contributed by atoms with E-state index in [1.165, 1.54) is 12.8 Å². The highest BCUT2D eigenvalue weighted by atomic mass is 16.7. The zero-order chi connectivity index (χ0) is 10.4. The summed E-state index contributed by atoms with van der Waals surface area (Å²) < 4.78 is 0. The molecule has 1 aliphatic rings. The van der Waals surface area contributed by atoms with Crippen molar-refractivity contribution in [3.05, 3.63) is 12.5 Å². The second-order valence-corrected chi connectivity index (χ2v) is 3.66. The van der Waals surface area contributed by atoms with Gasteiger partial charge in [-0.05, 0) is 32.3 Å². The Morgan fingerprint density at radius 2 is 2.14 bits per heavy atom. The molecule has 0 aromatic heterocycles. The molecule has 0 radical (unpaired) electrons. The Hall–Kier alpha value is -0.740. The third-order valence-electron chi connectivity index (χ3n) is 2.31. The van der Waals surface area contributed by atoms with E-state index in [0.717, 1.165) is 19.0 Å². The lowest BCUT2D eigenvalue weighted by atomic mass is 10.0. The van der Waals surface area contributed by atoms with Crippen LogP contribution in [0.3, 0.4) is 0 Å². The predicted molar refractivity (Wildman–Crippen MR) is 55.0 cm³/mol. The Balaban J connectivity index is 2.14. The number of hydrogen-bond donors (Lipinski definition) is 1. The number of nitrogens with zero attached hydrogens (tertiary/aromatic N) is 1. The first-order valence-electron chi connectivity index (χ1n) is 5.22. The summed E-state index contributed by atoms with van der Waals surface area (Å²) in [6, 6.07) is 0. The summed E-state index contributed by atoms with van der Waals surface area (Å²) in [4.78, 5) is 10.4. The van der Waals surface area contributed by atoms with Gasteiger partial charge in [-0.2, -0.15) is 0 Å². The lowest BCUT2D eigenvalue weighted by molar-refractivity contribution is -0.160. The SMILES string of the molecule is C=C(NOCC)ON1CCC(C)CC1. The van der Waals surface area contributed by atoms with Gasteiger partial charge in [0.15, 0.2) is 0 Å². The van der Waals surface area contributed by atoms with Crippen LogP contribution in [-0.2, 0) is 9.68 Å². The summed E-state index contributed by atoms with van der Waals surface area (Å²) in [6.07, 6.45) is 2.36. The third kappa shape index (κ3) is 3.98. The van der Waals surface area contributed by atoms with Crippen molar-refractivity contribution in [2.45, 2.75) is 26.7 Å². The van der Waals surface area contributed by atoms with E-state index in [2.05, 4.69) is 19.0 Å². The molecule has 82 valence electrons. The van der Waals surface area contributed by atoms with Crippen LogP contribution in [0.25, 0.3) is 0 Å². The molecule has 0 aliphatic carbocycles. The molecule has 1 rings (SSSR count). The van der Waals surface area contributed by atoms with E-state index in [1.807, 2.05) is 12.0 Å². The third-order valence-corrected chi connectivity index (χ3v) is 2.31. The first-order chi connectivity index (χ1) is 6.72. The normalized spacial score (nSPS) is 19.3. The van der Waals surface area contributed by atoms with E-state index in [1.54, 1.807) is 0 Å². The van der Waals surface area contributed by atoms with E-state index >= 15 is 0 Å². The van der Waals surface area contributed by atoms with Crippen molar-refractivity contribution in [2.24, 2.45) is 5.92 Å². The van der Waals surface area contributed by atoms with Gasteiger partial charge in [-0.3, -0.25) is 4.84 Å². The fourth-order valence-corrected chi connectivity index (χ4v) is 1.40. The van der Waals surface area contributed by atoms with E-state index in [4.69, 9.17) is 9.68 Å². The molecule has 0 aromatic carbocycles. The molecule has 1 saturated heterocycles. The second kappa shape index (κ2) is 5.88. The summed E-state index contributed by atoms with van der Waals surface area (Å²) in [5.41, 5.74) is 2.63. The molecule has 1 aliphatic heterocycles. The number of hydrogen-bond acceptors (Lipinski definition) is 4. The molecular formula is C10H20N2O2. The van der Waals surface area contributed by atoms with Crippen molar-refractivity contribution in [2.75, 3.05) is 19.7 Å². The average Bonchev–Trinajstić information content (AvgIpc) is 2.18. The minimum atomic E-state index is 0.460. The molecule has 4 heteroatoms. The van der Waals surface area contributed by atoms with Crippen molar-refractivity contribution >= 4 is 0 Å². The minimum absolute atomic E-state index is 0.460. The Kier molecular flexibility index (Phi) is 4.76. The van der Waals surface area contributed by atoms with Gasteiger partial charge in [-0.25, -0.2) is 5.48 Å². The number of rotatable bonds is 5. The van der Waals surface area contributed by atoms with Crippen LogP contribution in [0, 0.1) is 5.92 Å². The maximum absolute atomic E-state index is 5.44. The molecule has 0 amide bonds. The van der Waals surface area contributed by atoms with Gasteiger partial charge in [0.05, 0.1) is 6.61 Å². The fraction of sp³-hybridized carbons (Fsp3) is 0.800. The van der Waals surface area contributed by atoms with Crippen molar-refractivity contribution in [1.29, 1.82) is 0 Å². The largest absolute Gasteiger partial charge is 0.387 e. The van der Waals surface area contributed by atoms with E-state index in [-0.39, 0.29) is 0 Å². The lowest BCUT2D eigenvalue weighted by Crippen LogP contribution is -2.34. The quantitative estimate of drug-likeness (QED) is 0.540. The smallest absolute Gasteiger partial charge is 0.228 e. The molecule has 0 unspecified atom stereocenters. The molecule has 0 atom stereocenters. The Morgan fingerprint density at radius 3 is 2.71 bits per heavy atom. The van der Waals surface area contributed by atoms with Gasteiger partial charge in [0, 0.05) is 13.1 Å². The summed E-state index contributed by atoms with van der Waals surface area (Å²) in [5.74, 6) is 1.27. The van der Waals surface area contributed by atoms with Crippen LogP contribution in [0.15, 0.2) is 12.5 Å². The van der Waals surface area contributed by atoms with Gasteiger partial charge in [0.25, 0.3) is 0 Å². The molecule has 1 fully saturated rings. The fourth-order valence-electron chi connectivity index (χ4n) is 1.40. The monoisotopic (exact) mass is 200 g/mol. The van der Waals surface area contributed by atoms with Crippen LogP contribution in [0.1, 0.15) is 26.7 Å². The van der Waals surface area contributed by atoms with Gasteiger partial charge >= 0.3 is 0 Å². The van der Waals surface area contributed by atoms with Crippen LogP contribution in [-0.4, -0.2) is 24.8 Å². The van der Waals surface area contributed by atoms with E-state index < -0.39 is 0 Å². The number of nitrogens with one attached hydrogen (secondary N) is 1. The van der Waals surface area contributed by atoms with E-state index in [9.17, 15) is 0 Å². The van der Waals surface area contributed by atoms with Gasteiger partial charge < -0.3 is 4.84 Å².